The number of hydrogen-bond donors (Lipinski definition) is 3. The van der Waals surface area contributed by atoms with Gasteiger partial charge in [-0.25, -0.2) is 0 Å². The average Bonchev–Trinajstić information content (AvgIpc) is 2.35. The standard InChI is InChI=1S/C11H13ClN2O3/c12-8-5-7(1-2-10(8)15)14-11(16)9-6-17-4-3-13-9/h1-2,5,9,13,15H,3-4,6H2,(H,14,16). The maximum absolute atomic E-state index is 11.8. The number of nitrogens with one attached hydrogen (secondary N) is 2. The van der Waals surface area contributed by atoms with Gasteiger partial charge in [-0.3, -0.25) is 4.79 Å². The van der Waals surface area contributed by atoms with E-state index >= 15 is 0 Å². The van der Waals surface area contributed by atoms with Crippen LogP contribution in [-0.4, -0.2) is 36.8 Å². The van der Waals surface area contributed by atoms with Crippen molar-refractivity contribution >= 4 is 23.2 Å². The lowest BCUT2D eigenvalue weighted by Gasteiger charge is -2.22. The van der Waals surface area contributed by atoms with Crippen LogP contribution in [0.4, 0.5) is 5.69 Å². The second-order valence-electron chi connectivity index (χ2n) is 3.74. The molecule has 1 aliphatic rings. The Labute approximate surface area is 104 Å². The van der Waals surface area contributed by atoms with Crippen molar-refractivity contribution in [3.63, 3.8) is 0 Å². The van der Waals surface area contributed by atoms with Crippen LogP contribution >= 0.6 is 11.6 Å². The number of halogens is 1. The third-order valence-corrected chi connectivity index (χ3v) is 2.76. The molecule has 1 amide bonds. The Kier molecular flexibility index (Phi) is 3.83. The van der Waals surface area contributed by atoms with Crippen LogP contribution in [0.1, 0.15) is 0 Å². The molecule has 0 saturated carbocycles. The summed E-state index contributed by atoms with van der Waals surface area (Å²) in [7, 11) is 0. The van der Waals surface area contributed by atoms with E-state index in [-0.39, 0.29) is 22.7 Å². The Bertz CT molecular complexity index is 419. The van der Waals surface area contributed by atoms with E-state index in [0.717, 1.165) is 0 Å². The molecule has 2 rings (SSSR count). The normalized spacial score (nSPS) is 19.9. The fourth-order valence-corrected chi connectivity index (χ4v) is 1.73. The zero-order chi connectivity index (χ0) is 12.3. The smallest absolute Gasteiger partial charge is 0.243 e. The summed E-state index contributed by atoms with van der Waals surface area (Å²) < 4.78 is 5.19. The van der Waals surface area contributed by atoms with Crippen LogP contribution in [0.5, 0.6) is 5.75 Å². The van der Waals surface area contributed by atoms with Gasteiger partial charge in [0, 0.05) is 12.2 Å². The Hall–Kier alpha value is -1.30. The van der Waals surface area contributed by atoms with Crippen LogP contribution in [0, 0.1) is 0 Å². The number of hydrogen-bond acceptors (Lipinski definition) is 4. The highest BCUT2D eigenvalue weighted by atomic mass is 35.5. The number of carbonyl (C=O) groups excluding carboxylic acids is 1. The first-order valence-electron chi connectivity index (χ1n) is 5.27. The Morgan fingerprint density at radius 2 is 2.41 bits per heavy atom. The molecule has 92 valence electrons. The molecule has 0 aromatic heterocycles. The number of phenolic OH excluding ortho intramolecular Hbond substituents is 1. The molecular formula is C11H13ClN2O3. The molecule has 1 heterocycles. The molecule has 1 fully saturated rings. The molecule has 1 aliphatic heterocycles. The van der Waals surface area contributed by atoms with Crippen LogP contribution in [-0.2, 0) is 9.53 Å². The number of anilines is 1. The highest BCUT2D eigenvalue weighted by Crippen LogP contribution is 2.26. The maximum atomic E-state index is 11.8. The lowest BCUT2D eigenvalue weighted by atomic mass is 10.2. The topological polar surface area (TPSA) is 70.6 Å². The number of ether oxygens (including phenoxy) is 1. The first-order valence-corrected chi connectivity index (χ1v) is 5.65. The second-order valence-corrected chi connectivity index (χ2v) is 4.14. The summed E-state index contributed by atoms with van der Waals surface area (Å²) in [6.45, 7) is 1.64. The molecule has 1 aromatic carbocycles. The molecule has 0 spiro atoms. The van der Waals surface area contributed by atoms with E-state index in [2.05, 4.69) is 10.6 Å². The van der Waals surface area contributed by atoms with E-state index in [1.54, 1.807) is 6.07 Å². The third kappa shape index (κ3) is 3.09. The minimum atomic E-state index is -0.351. The predicted octanol–water partition coefficient (Wildman–Crippen LogP) is 0.972. The molecule has 1 atom stereocenters. The SMILES string of the molecule is O=C(Nc1ccc(O)c(Cl)c1)C1COCCN1. The van der Waals surface area contributed by atoms with E-state index < -0.39 is 0 Å². The largest absolute Gasteiger partial charge is 0.506 e. The van der Waals surface area contributed by atoms with Crippen molar-refractivity contribution in [2.24, 2.45) is 0 Å². The van der Waals surface area contributed by atoms with E-state index in [1.807, 2.05) is 0 Å². The summed E-state index contributed by atoms with van der Waals surface area (Å²) in [6.07, 6.45) is 0. The zero-order valence-corrected chi connectivity index (χ0v) is 9.83. The van der Waals surface area contributed by atoms with Gasteiger partial charge in [0.2, 0.25) is 5.91 Å². The van der Waals surface area contributed by atoms with Crippen LogP contribution in [0.15, 0.2) is 18.2 Å². The summed E-state index contributed by atoms with van der Waals surface area (Å²) in [4.78, 5) is 11.8. The third-order valence-electron chi connectivity index (χ3n) is 2.45. The highest BCUT2D eigenvalue weighted by Gasteiger charge is 2.21. The van der Waals surface area contributed by atoms with Gasteiger partial charge in [0.1, 0.15) is 11.8 Å². The summed E-state index contributed by atoms with van der Waals surface area (Å²) in [6, 6.07) is 4.17. The van der Waals surface area contributed by atoms with Crippen molar-refractivity contribution < 1.29 is 14.6 Å². The van der Waals surface area contributed by atoms with Gasteiger partial charge in [-0.2, -0.15) is 0 Å². The molecule has 1 saturated heterocycles. The molecule has 5 nitrogen and oxygen atoms in total. The Balaban J connectivity index is 1.99. The summed E-state index contributed by atoms with van der Waals surface area (Å²) in [5.41, 5.74) is 0.546. The molecule has 3 N–H and O–H groups in total. The second kappa shape index (κ2) is 5.35. The Morgan fingerprint density at radius 3 is 3.06 bits per heavy atom. The van der Waals surface area contributed by atoms with Crippen molar-refractivity contribution in [3.05, 3.63) is 23.2 Å². The molecular weight excluding hydrogens is 244 g/mol. The number of carbonyl (C=O) groups is 1. The molecule has 1 aromatic rings. The van der Waals surface area contributed by atoms with Gasteiger partial charge in [-0.1, -0.05) is 11.6 Å². The van der Waals surface area contributed by atoms with Gasteiger partial charge in [0.15, 0.2) is 0 Å². The fraction of sp³-hybridized carbons (Fsp3) is 0.364. The predicted molar refractivity (Wildman–Crippen MR) is 64.4 cm³/mol. The minimum absolute atomic E-state index is 0.0104. The Morgan fingerprint density at radius 1 is 1.59 bits per heavy atom. The quantitative estimate of drug-likeness (QED) is 0.690. The van der Waals surface area contributed by atoms with Crippen molar-refractivity contribution in [3.8, 4) is 5.75 Å². The van der Waals surface area contributed by atoms with Gasteiger partial charge in [0.25, 0.3) is 0 Å². The molecule has 0 aliphatic carbocycles. The first kappa shape index (κ1) is 12.2. The number of rotatable bonds is 2. The van der Waals surface area contributed by atoms with Crippen LogP contribution < -0.4 is 10.6 Å². The lowest BCUT2D eigenvalue weighted by molar-refractivity contribution is -0.120. The van der Waals surface area contributed by atoms with E-state index in [1.165, 1.54) is 12.1 Å². The molecule has 17 heavy (non-hydrogen) atoms. The average molecular weight is 257 g/mol. The van der Waals surface area contributed by atoms with Crippen molar-refractivity contribution in [1.82, 2.24) is 5.32 Å². The molecule has 1 unspecified atom stereocenters. The van der Waals surface area contributed by atoms with Gasteiger partial charge in [-0.05, 0) is 18.2 Å². The fourth-order valence-electron chi connectivity index (χ4n) is 1.55. The van der Waals surface area contributed by atoms with Crippen molar-refractivity contribution in [2.45, 2.75) is 6.04 Å². The maximum Gasteiger partial charge on any atom is 0.243 e. The molecule has 0 bridgehead atoms. The summed E-state index contributed by atoms with van der Waals surface area (Å²) in [5.74, 6) is -0.185. The lowest BCUT2D eigenvalue weighted by Crippen LogP contribution is -2.48. The number of aromatic hydroxyl groups is 1. The number of phenols is 1. The number of amides is 1. The van der Waals surface area contributed by atoms with E-state index in [0.29, 0.717) is 25.4 Å². The number of benzene rings is 1. The highest BCUT2D eigenvalue weighted by molar-refractivity contribution is 6.32. The minimum Gasteiger partial charge on any atom is -0.506 e. The van der Waals surface area contributed by atoms with E-state index in [9.17, 15) is 9.90 Å². The van der Waals surface area contributed by atoms with Gasteiger partial charge >= 0.3 is 0 Å². The molecule has 0 radical (unpaired) electrons. The molecule has 6 heteroatoms. The van der Waals surface area contributed by atoms with Gasteiger partial charge < -0.3 is 20.5 Å². The van der Waals surface area contributed by atoms with Crippen molar-refractivity contribution in [2.75, 3.05) is 25.1 Å². The van der Waals surface area contributed by atoms with Gasteiger partial charge in [0.05, 0.1) is 18.2 Å². The monoisotopic (exact) mass is 256 g/mol. The van der Waals surface area contributed by atoms with Crippen LogP contribution in [0.25, 0.3) is 0 Å². The first-order chi connectivity index (χ1) is 8.16. The summed E-state index contributed by atoms with van der Waals surface area (Å²) >= 11 is 5.74. The summed E-state index contributed by atoms with van der Waals surface area (Å²) in [5, 5.41) is 15.2. The van der Waals surface area contributed by atoms with Crippen LogP contribution in [0.3, 0.4) is 0 Å². The van der Waals surface area contributed by atoms with Gasteiger partial charge in [-0.15, -0.1) is 0 Å². The number of morpholine rings is 1. The zero-order valence-electron chi connectivity index (χ0n) is 9.07. The van der Waals surface area contributed by atoms with E-state index in [4.69, 9.17) is 16.3 Å². The van der Waals surface area contributed by atoms with Crippen LogP contribution in [0.2, 0.25) is 5.02 Å². The van der Waals surface area contributed by atoms with Crippen molar-refractivity contribution in [1.29, 1.82) is 0 Å².